The van der Waals surface area contributed by atoms with Crippen molar-refractivity contribution in [3.63, 3.8) is 0 Å². The molecule has 2 rings (SSSR count). The molecule has 1 fully saturated rings. The second kappa shape index (κ2) is 5.75. The summed E-state index contributed by atoms with van der Waals surface area (Å²) < 4.78 is 0. The number of aryl methyl sites for hydroxylation is 3. The number of anilines is 1. The minimum Gasteiger partial charge on any atom is -0.384 e. The molecule has 18 heavy (non-hydrogen) atoms. The first-order valence-electron chi connectivity index (χ1n) is 7.13. The average molecular weight is 246 g/mol. The molecule has 0 amide bonds. The summed E-state index contributed by atoms with van der Waals surface area (Å²) in [7, 11) is 0. The van der Waals surface area contributed by atoms with Crippen molar-refractivity contribution in [2.45, 2.75) is 52.5 Å². The van der Waals surface area contributed by atoms with Crippen LogP contribution in [0.15, 0.2) is 12.1 Å². The maximum atomic E-state index is 5.95. The van der Waals surface area contributed by atoms with Crippen LogP contribution in [0.2, 0.25) is 0 Å². The Morgan fingerprint density at radius 2 is 1.61 bits per heavy atom. The number of hydrogen-bond donors (Lipinski definition) is 2. The van der Waals surface area contributed by atoms with Gasteiger partial charge in [0.1, 0.15) is 0 Å². The summed E-state index contributed by atoms with van der Waals surface area (Å²) in [6.07, 6.45) is 4.94. The highest BCUT2D eigenvalue weighted by Gasteiger charge is 2.18. The SMILES string of the molecule is Cc1cc(C)c(NCC2CCC(N)CC2)c(C)c1. The fourth-order valence-corrected chi connectivity index (χ4v) is 3.10. The largest absolute Gasteiger partial charge is 0.384 e. The predicted molar refractivity (Wildman–Crippen MR) is 79.1 cm³/mol. The standard InChI is InChI=1S/C16H26N2/c1-11-8-12(2)16(13(3)9-11)18-10-14-4-6-15(17)7-5-14/h8-9,14-15,18H,4-7,10,17H2,1-3H3. The molecule has 0 radical (unpaired) electrons. The minimum absolute atomic E-state index is 0.448. The van der Waals surface area contributed by atoms with Gasteiger partial charge < -0.3 is 11.1 Å². The predicted octanol–water partition coefficient (Wildman–Crippen LogP) is 3.54. The summed E-state index contributed by atoms with van der Waals surface area (Å²) in [6, 6.07) is 4.96. The van der Waals surface area contributed by atoms with Gasteiger partial charge in [0.15, 0.2) is 0 Å². The lowest BCUT2D eigenvalue weighted by Crippen LogP contribution is -2.29. The summed E-state index contributed by atoms with van der Waals surface area (Å²) in [5.41, 5.74) is 11.3. The molecule has 1 aromatic rings. The first-order valence-corrected chi connectivity index (χ1v) is 7.13. The molecule has 1 saturated carbocycles. The van der Waals surface area contributed by atoms with Gasteiger partial charge in [0, 0.05) is 18.3 Å². The molecule has 0 spiro atoms. The maximum absolute atomic E-state index is 5.95. The molecule has 2 heteroatoms. The highest BCUT2D eigenvalue weighted by molar-refractivity contribution is 5.58. The van der Waals surface area contributed by atoms with E-state index < -0.39 is 0 Å². The lowest BCUT2D eigenvalue weighted by Gasteiger charge is -2.27. The van der Waals surface area contributed by atoms with E-state index in [9.17, 15) is 0 Å². The Morgan fingerprint density at radius 3 is 2.17 bits per heavy atom. The van der Waals surface area contributed by atoms with Crippen LogP contribution >= 0.6 is 0 Å². The smallest absolute Gasteiger partial charge is 0.0399 e. The van der Waals surface area contributed by atoms with E-state index in [1.165, 1.54) is 48.1 Å². The Labute approximate surface area is 111 Å². The van der Waals surface area contributed by atoms with Crippen LogP contribution in [0.1, 0.15) is 42.4 Å². The number of nitrogens with one attached hydrogen (secondary N) is 1. The zero-order valence-electron chi connectivity index (χ0n) is 11.9. The Hall–Kier alpha value is -1.02. The fraction of sp³-hybridized carbons (Fsp3) is 0.625. The van der Waals surface area contributed by atoms with Crippen molar-refractivity contribution in [1.29, 1.82) is 0 Å². The summed E-state index contributed by atoms with van der Waals surface area (Å²) in [4.78, 5) is 0. The van der Waals surface area contributed by atoms with Crippen LogP contribution < -0.4 is 11.1 Å². The van der Waals surface area contributed by atoms with E-state index in [0.29, 0.717) is 6.04 Å². The minimum atomic E-state index is 0.448. The summed E-state index contributed by atoms with van der Waals surface area (Å²) >= 11 is 0. The van der Waals surface area contributed by atoms with Crippen molar-refractivity contribution in [1.82, 2.24) is 0 Å². The van der Waals surface area contributed by atoms with Gasteiger partial charge in [0.05, 0.1) is 0 Å². The third-order valence-corrected chi connectivity index (χ3v) is 4.14. The van der Waals surface area contributed by atoms with Crippen LogP contribution in [0.25, 0.3) is 0 Å². The van der Waals surface area contributed by atoms with E-state index in [1.54, 1.807) is 0 Å². The maximum Gasteiger partial charge on any atom is 0.0399 e. The summed E-state index contributed by atoms with van der Waals surface area (Å²) in [5.74, 6) is 0.796. The van der Waals surface area contributed by atoms with Crippen molar-refractivity contribution in [2.75, 3.05) is 11.9 Å². The highest BCUT2D eigenvalue weighted by atomic mass is 14.9. The van der Waals surface area contributed by atoms with Gasteiger partial charge in [0.25, 0.3) is 0 Å². The normalized spacial score (nSPS) is 24.0. The van der Waals surface area contributed by atoms with Crippen molar-refractivity contribution in [3.8, 4) is 0 Å². The molecule has 1 aliphatic rings. The second-order valence-electron chi connectivity index (χ2n) is 5.94. The summed E-state index contributed by atoms with van der Waals surface area (Å²) in [5, 5.41) is 3.65. The molecule has 0 aliphatic heterocycles. The molecular formula is C16H26N2. The van der Waals surface area contributed by atoms with E-state index in [-0.39, 0.29) is 0 Å². The first-order chi connectivity index (χ1) is 8.56. The molecule has 2 nitrogen and oxygen atoms in total. The molecule has 0 heterocycles. The number of rotatable bonds is 3. The summed E-state index contributed by atoms with van der Waals surface area (Å²) in [6.45, 7) is 7.64. The van der Waals surface area contributed by atoms with E-state index in [1.807, 2.05) is 0 Å². The van der Waals surface area contributed by atoms with Crippen LogP contribution in [-0.2, 0) is 0 Å². The molecule has 1 aromatic carbocycles. The Morgan fingerprint density at radius 1 is 1.06 bits per heavy atom. The third kappa shape index (κ3) is 3.26. The second-order valence-corrected chi connectivity index (χ2v) is 5.94. The van der Waals surface area contributed by atoms with Crippen LogP contribution in [0.5, 0.6) is 0 Å². The molecule has 100 valence electrons. The highest BCUT2D eigenvalue weighted by Crippen LogP contribution is 2.26. The van der Waals surface area contributed by atoms with Crippen molar-refractivity contribution < 1.29 is 0 Å². The molecule has 1 aliphatic carbocycles. The van der Waals surface area contributed by atoms with E-state index in [2.05, 4.69) is 38.2 Å². The third-order valence-electron chi connectivity index (χ3n) is 4.14. The van der Waals surface area contributed by atoms with Gasteiger partial charge in [-0.15, -0.1) is 0 Å². The van der Waals surface area contributed by atoms with Crippen molar-refractivity contribution in [3.05, 3.63) is 28.8 Å². The average Bonchev–Trinajstić information content (AvgIpc) is 2.30. The van der Waals surface area contributed by atoms with Gasteiger partial charge in [-0.1, -0.05) is 17.7 Å². The van der Waals surface area contributed by atoms with Gasteiger partial charge in [-0.05, 0) is 63.5 Å². The van der Waals surface area contributed by atoms with Gasteiger partial charge in [-0.2, -0.15) is 0 Å². The van der Waals surface area contributed by atoms with Gasteiger partial charge in [-0.3, -0.25) is 0 Å². The Kier molecular flexibility index (Phi) is 4.28. The van der Waals surface area contributed by atoms with Gasteiger partial charge in [0.2, 0.25) is 0 Å². The van der Waals surface area contributed by atoms with Crippen LogP contribution in [0.3, 0.4) is 0 Å². The number of nitrogens with two attached hydrogens (primary N) is 1. The van der Waals surface area contributed by atoms with Gasteiger partial charge >= 0.3 is 0 Å². The number of hydrogen-bond acceptors (Lipinski definition) is 2. The molecule has 3 N–H and O–H groups in total. The molecule has 0 saturated heterocycles. The molecular weight excluding hydrogens is 220 g/mol. The molecule has 0 unspecified atom stereocenters. The van der Waals surface area contributed by atoms with Crippen molar-refractivity contribution >= 4 is 5.69 Å². The quantitative estimate of drug-likeness (QED) is 0.856. The Balaban J connectivity index is 1.94. The Bertz CT molecular complexity index is 381. The van der Waals surface area contributed by atoms with Gasteiger partial charge in [-0.25, -0.2) is 0 Å². The lowest BCUT2D eigenvalue weighted by atomic mass is 9.86. The first kappa shape index (κ1) is 13.4. The van der Waals surface area contributed by atoms with Crippen LogP contribution in [0.4, 0.5) is 5.69 Å². The zero-order chi connectivity index (χ0) is 13.1. The molecule has 0 bridgehead atoms. The van der Waals surface area contributed by atoms with Crippen LogP contribution in [0, 0.1) is 26.7 Å². The number of benzene rings is 1. The fourth-order valence-electron chi connectivity index (χ4n) is 3.10. The zero-order valence-corrected chi connectivity index (χ0v) is 11.9. The van der Waals surface area contributed by atoms with Crippen LogP contribution in [-0.4, -0.2) is 12.6 Å². The van der Waals surface area contributed by atoms with E-state index in [4.69, 9.17) is 5.73 Å². The lowest BCUT2D eigenvalue weighted by molar-refractivity contribution is 0.339. The molecule has 0 atom stereocenters. The monoisotopic (exact) mass is 246 g/mol. The van der Waals surface area contributed by atoms with E-state index >= 15 is 0 Å². The van der Waals surface area contributed by atoms with E-state index in [0.717, 1.165) is 12.5 Å². The molecule has 0 aromatic heterocycles. The topological polar surface area (TPSA) is 38.0 Å². The van der Waals surface area contributed by atoms with Crippen molar-refractivity contribution in [2.24, 2.45) is 11.7 Å².